The number of nitrogens with zero attached hydrogens (tertiary/aromatic N) is 1. The minimum Gasteiger partial charge on any atom is -0.481 e. The number of rotatable bonds is 3. The maximum Gasteiger partial charge on any atom is 0.303 e. The first-order chi connectivity index (χ1) is 9.63. The molecule has 1 saturated heterocycles. The number of fused-ring (bicyclic) bond motifs is 1. The van der Waals surface area contributed by atoms with Crippen LogP contribution in [-0.2, 0) is 11.2 Å². The van der Waals surface area contributed by atoms with E-state index in [9.17, 15) is 4.79 Å². The van der Waals surface area contributed by atoms with Crippen LogP contribution < -0.4 is 0 Å². The number of hydrogen-bond donors (Lipinski definition) is 1. The molecule has 1 fully saturated rings. The van der Waals surface area contributed by atoms with E-state index < -0.39 is 5.97 Å². The third-order valence-corrected chi connectivity index (χ3v) is 4.90. The van der Waals surface area contributed by atoms with Crippen molar-refractivity contribution in [1.82, 2.24) is 4.90 Å². The van der Waals surface area contributed by atoms with Gasteiger partial charge in [0.2, 0.25) is 0 Å². The van der Waals surface area contributed by atoms with Crippen molar-refractivity contribution in [3.8, 4) is 0 Å². The molecule has 1 aromatic carbocycles. The van der Waals surface area contributed by atoms with Crippen LogP contribution in [0.1, 0.15) is 48.4 Å². The first kappa shape index (κ1) is 13.6. The second-order valence-corrected chi connectivity index (χ2v) is 6.33. The van der Waals surface area contributed by atoms with Gasteiger partial charge in [-0.05, 0) is 62.7 Å². The van der Waals surface area contributed by atoms with E-state index in [1.807, 2.05) is 0 Å². The van der Waals surface area contributed by atoms with Crippen LogP contribution >= 0.6 is 0 Å². The zero-order valence-corrected chi connectivity index (χ0v) is 12.1. The minimum absolute atomic E-state index is 0.341. The van der Waals surface area contributed by atoms with E-state index in [-0.39, 0.29) is 0 Å². The van der Waals surface area contributed by atoms with Gasteiger partial charge in [0.1, 0.15) is 0 Å². The number of piperidine rings is 1. The second-order valence-electron chi connectivity index (χ2n) is 6.33. The Morgan fingerprint density at radius 1 is 1.30 bits per heavy atom. The fourth-order valence-electron chi connectivity index (χ4n) is 3.79. The number of aliphatic carboxylic acids is 1. The normalized spacial score (nSPS) is 23.8. The molecule has 1 atom stereocenters. The Balaban J connectivity index is 1.66. The zero-order chi connectivity index (χ0) is 14.1. The standard InChI is InChI=1S/C17H23NO2/c1-12-2-3-14-4-5-16(15(14)10-12)18-8-6-13(7-9-18)11-17(19)20/h2-3,10,13,16H,4-9,11H2,1H3,(H,19,20). The van der Waals surface area contributed by atoms with Gasteiger partial charge >= 0.3 is 5.97 Å². The summed E-state index contributed by atoms with van der Waals surface area (Å²) in [5, 5.41) is 8.89. The largest absolute Gasteiger partial charge is 0.481 e. The van der Waals surface area contributed by atoms with Crippen molar-refractivity contribution in [1.29, 1.82) is 0 Å². The number of carbonyl (C=O) groups is 1. The topological polar surface area (TPSA) is 40.5 Å². The summed E-state index contributed by atoms with van der Waals surface area (Å²) < 4.78 is 0. The maximum absolute atomic E-state index is 10.8. The molecule has 0 aromatic heterocycles. The van der Waals surface area contributed by atoms with Crippen LogP contribution in [-0.4, -0.2) is 29.1 Å². The van der Waals surface area contributed by atoms with Gasteiger partial charge in [-0.3, -0.25) is 9.69 Å². The lowest BCUT2D eigenvalue weighted by molar-refractivity contribution is -0.138. The van der Waals surface area contributed by atoms with E-state index in [4.69, 9.17) is 5.11 Å². The molecule has 3 rings (SSSR count). The summed E-state index contributed by atoms with van der Waals surface area (Å²) in [6.07, 6.45) is 4.82. The molecule has 0 bridgehead atoms. The average Bonchev–Trinajstić information content (AvgIpc) is 2.82. The summed E-state index contributed by atoms with van der Waals surface area (Å²) in [5.41, 5.74) is 4.37. The van der Waals surface area contributed by atoms with Gasteiger partial charge < -0.3 is 5.11 Å². The van der Waals surface area contributed by atoms with Crippen molar-refractivity contribution < 1.29 is 9.90 Å². The van der Waals surface area contributed by atoms with Gasteiger partial charge in [0.25, 0.3) is 0 Å². The fourth-order valence-corrected chi connectivity index (χ4v) is 3.79. The Hall–Kier alpha value is -1.35. The maximum atomic E-state index is 10.8. The molecule has 1 aliphatic carbocycles. The Morgan fingerprint density at radius 2 is 2.05 bits per heavy atom. The average molecular weight is 273 g/mol. The van der Waals surface area contributed by atoms with Gasteiger partial charge in [-0.15, -0.1) is 0 Å². The van der Waals surface area contributed by atoms with E-state index in [0.29, 0.717) is 18.4 Å². The van der Waals surface area contributed by atoms with Gasteiger partial charge in [-0.25, -0.2) is 0 Å². The molecule has 1 aromatic rings. The molecule has 2 aliphatic rings. The molecule has 3 nitrogen and oxygen atoms in total. The van der Waals surface area contributed by atoms with Crippen molar-refractivity contribution >= 4 is 5.97 Å². The van der Waals surface area contributed by atoms with E-state index >= 15 is 0 Å². The molecule has 0 saturated carbocycles. The van der Waals surface area contributed by atoms with Crippen LogP contribution in [0.2, 0.25) is 0 Å². The van der Waals surface area contributed by atoms with Crippen LogP contribution in [0.25, 0.3) is 0 Å². The predicted molar refractivity (Wildman–Crippen MR) is 78.8 cm³/mol. The van der Waals surface area contributed by atoms with Gasteiger partial charge in [-0.1, -0.05) is 23.8 Å². The minimum atomic E-state index is -0.648. The Kier molecular flexibility index (Phi) is 3.79. The molecule has 0 amide bonds. The predicted octanol–water partition coefficient (Wildman–Crippen LogP) is 3.17. The Labute approximate surface area is 120 Å². The lowest BCUT2D eigenvalue weighted by atomic mass is 9.92. The van der Waals surface area contributed by atoms with Crippen LogP contribution in [0.15, 0.2) is 18.2 Å². The van der Waals surface area contributed by atoms with Gasteiger partial charge in [-0.2, -0.15) is 0 Å². The van der Waals surface area contributed by atoms with E-state index in [1.165, 1.54) is 29.5 Å². The van der Waals surface area contributed by atoms with Crippen molar-refractivity contribution in [3.05, 3.63) is 34.9 Å². The number of aryl methyl sites for hydroxylation is 2. The number of carboxylic acid groups (broad SMARTS) is 1. The van der Waals surface area contributed by atoms with Crippen molar-refractivity contribution in [2.24, 2.45) is 5.92 Å². The van der Waals surface area contributed by atoms with Crippen LogP contribution in [0.4, 0.5) is 0 Å². The highest BCUT2D eigenvalue weighted by molar-refractivity contribution is 5.67. The quantitative estimate of drug-likeness (QED) is 0.919. The van der Waals surface area contributed by atoms with Gasteiger partial charge in [0.05, 0.1) is 0 Å². The fraction of sp³-hybridized carbons (Fsp3) is 0.588. The number of hydrogen-bond acceptors (Lipinski definition) is 2. The van der Waals surface area contributed by atoms with Crippen LogP contribution in [0, 0.1) is 12.8 Å². The third kappa shape index (κ3) is 2.73. The lowest BCUT2D eigenvalue weighted by Gasteiger charge is -2.36. The van der Waals surface area contributed by atoms with Crippen molar-refractivity contribution in [3.63, 3.8) is 0 Å². The van der Waals surface area contributed by atoms with Crippen LogP contribution in [0.3, 0.4) is 0 Å². The molecule has 3 heteroatoms. The number of benzene rings is 1. The molecule has 0 spiro atoms. The van der Waals surface area contributed by atoms with Crippen LogP contribution in [0.5, 0.6) is 0 Å². The summed E-state index contributed by atoms with van der Waals surface area (Å²) in [7, 11) is 0. The molecule has 1 heterocycles. The molecular weight excluding hydrogens is 250 g/mol. The summed E-state index contributed by atoms with van der Waals surface area (Å²) >= 11 is 0. The molecule has 20 heavy (non-hydrogen) atoms. The van der Waals surface area contributed by atoms with Gasteiger partial charge in [0.15, 0.2) is 0 Å². The monoisotopic (exact) mass is 273 g/mol. The van der Waals surface area contributed by atoms with E-state index in [1.54, 1.807) is 0 Å². The summed E-state index contributed by atoms with van der Waals surface area (Å²) in [6.45, 7) is 4.26. The Bertz CT molecular complexity index is 504. The van der Waals surface area contributed by atoms with Crippen molar-refractivity contribution in [2.75, 3.05) is 13.1 Å². The highest BCUT2D eigenvalue weighted by Gasteiger charge is 2.31. The molecule has 108 valence electrons. The molecule has 1 N–H and O–H groups in total. The number of likely N-dealkylation sites (tertiary alicyclic amines) is 1. The van der Waals surface area contributed by atoms with Gasteiger partial charge in [0, 0.05) is 12.5 Å². The molecule has 1 unspecified atom stereocenters. The summed E-state index contributed by atoms with van der Waals surface area (Å²) in [4.78, 5) is 13.4. The summed E-state index contributed by atoms with van der Waals surface area (Å²) in [6, 6.07) is 7.40. The van der Waals surface area contributed by atoms with E-state index in [2.05, 4.69) is 30.0 Å². The highest BCUT2D eigenvalue weighted by Crippen LogP contribution is 2.38. The summed E-state index contributed by atoms with van der Waals surface area (Å²) in [5.74, 6) is -0.271. The smallest absolute Gasteiger partial charge is 0.303 e. The molecule has 0 radical (unpaired) electrons. The highest BCUT2D eigenvalue weighted by atomic mass is 16.4. The third-order valence-electron chi connectivity index (χ3n) is 4.90. The molecular formula is C17H23NO2. The van der Waals surface area contributed by atoms with E-state index in [0.717, 1.165) is 25.9 Å². The first-order valence-corrected chi connectivity index (χ1v) is 7.69. The SMILES string of the molecule is Cc1ccc2c(c1)C(N1CCC(CC(=O)O)CC1)CC2. The second kappa shape index (κ2) is 5.57. The lowest BCUT2D eigenvalue weighted by Crippen LogP contribution is -2.36. The zero-order valence-electron chi connectivity index (χ0n) is 12.1. The molecule has 1 aliphatic heterocycles. The number of carboxylic acids is 1. The van der Waals surface area contributed by atoms with Crippen molar-refractivity contribution in [2.45, 2.75) is 45.1 Å². The Morgan fingerprint density at radius 3 is 2.75 bits per heavy atom. The first-order valence-electron chi connectivity index (χ1n) is 7.69.